The summed E-state index contributed by atoms with van der Waals surface area (Å²) in [7, 11) is 1.99. The molecule has 0 radical (unpaired) electrons. The standard InChI is InChI=1S/C12H14N4/c1-10(8-13)9-15(2)12-5-3-4-11-14-6-7-16(11)12/h3-7,10H,9H2,1-2H3. The largest absolute Gasteiger partial charge is 0.359 e. The number of anilines is 1. The van der Waals surface area contributed by atoms with Gasteiger partial charge in [-0.2, -0.15) is 5.26 Å². The summed E-state index contributed by atoms with van der Waals surface area (Å²) in [6.07, 6.45) is 3.71. The van der Waals surface area contributed by atoms with E-state index in [0.717, 1.165) is 11.5 Å². The first-order valence-corrected chi connectivity index (χ1v) is 5.25. The van der Waals surface area contributed by atoms with E-state index in [-0.39, 0.29) is 5.92 Å². The van der Waals surface area contributed by atoms with Gasteiger partial charge in [-0.25, -0.2) is 4.98 Å². The molecule has 16 heavy (non-hydrogen) atoms. The summed E-state index contributed by atoms with van der Waals surface area (Å²) in [6, 6.07) is 8.21. The zero-order valence-electron chi connectivity index (χ0n) is 9.46. The summed E-state index contributed by atoms with van der Waals surface area (Å²) in [5.41, 5.74) is 0.925. The summed E-state index contributed by atoms with van der Waals surface area (Å²) in [5, 5.41) is 8.81. The molecule has 0 saturated carbocycles. The average Bonchev–Trinajstić information content (AvgIpc) is 2.76. The van der Waals surface area contributed by atoms with Crippen LogP contribution in [0.15, 0.2) is 30.6 Å². The van der Waals surface area contributed by atoms with Crippen molar-refractivity contribution in [2.75, 3.05) is 18.5 Å². The van der Waals surface area contributed by atoms with E-state index in [4.69, 9.17) is 5.26 Å². The molecule has 0 N–H and O–H groups in total. The minimum Gasteiger partial charge on any atom is -0.359 e. The van der Waals surface area contributed by atoms with Crippen molar-refractivity contribution < 1.29 is 0 Å². The maximum Gasteiger partial charge on any atom is 0.138 e. The Hall–Kier alpha value is -2.02. The highest BCUT2D eigenvalue weighted by Gasteiger charge is 2.09. The fraction of sp³-hybridized carbons (Fsp3) is 0.333. The number of nitriles is 1. The molecule has 82 valence electrons. The quantitative estimate of drug-likeness (QED) is 0.784. The third-order valence-electron chi connectivity index (χ3n) is 2.57. The Balaban J connectivity index is 2.32. The number of nitrogens with zero attached hydrogens (tertiary/aromatic N) is 4. The molecule has 0 aliphatic carbocycles. The van der Waals surface area contributed by atoms with Crippen molar-refractivity contribution in [1.29, 1.82) is 5.26 Å². The molecule has 0 amide bonds. The van der Waals surface area contributed by atoms with Gasteiger partial charge < -0.3 is 4.90 Å². The van der Waals surface area contributed by atoms with E-state index in [1.54, 1.807) is 6.20 Å². The molecular weight excluding hydrogens is 200 g/mol. The molecule has 2 heterocycles. The Morgan fingerprint density at radius 3 is 3.12 bits per heavy atom. The fourth-order valence-electron chi connectivity index (χ4n) is 1.79. The lowest BCUT2D eigenvalue weighted by molar-refractivity contribution is 0.707. The van der Waals surface area contributed by atoms with Crippen LogP contribution in [-0.4, -0.2) is 23.0 Å². The van der Waals surface area contributed by atoms with Gasteiger partial charge in [0.05, 0.1) is 12.0 Å². The molecule has 2 aromatic rings. The maximum absolute atomic E-state index is 8.81. The molecule has 0 spiro atoms. The Labute approximate surface area is 94.7 Å². The second-order valence-corrected chi connectivity index (χ2v) is 3.95. The topological polar surface area (TPSA) is 44.3 Å². The van der Waals surface area contributed by atoms with Crippen molar-refractivity contribution in [2.45, 2.75) is 6.92 Å². The highest BCUT2D eigenvalue weighted by atomic mass is 15.2. The summed E-state index contributed by atoms with van der Waals surface area (Å²) in [5.74, 6) is 1.07. The van der Waals surface area contributed by atoms with Gasteiger partial charge in [0.2, 0.25) is 0 Å². The van der Waals surface area contributed by atoms with Crippen molar-refractivity contribution in [3.63, 3.8) is 0 Å². The van der Waals surface area contributed by atoms with E-state index >= 15 is 0 Å². The van der Waals surface area contributed by atoms with Crippen LogP contribution >= 0.6 is 0 Å². The van der Waals surface area contributed by atoms with Crippen molar-refractivity contribution in [3.05, 3.63) is 30.6 Å². The molecule has 0 aromatic carbocycles. The van der Waals surface area contributed by atoms with Gasteiger partial charge in [0, 0.05) is 26.0 Å². The molecule has 1 atom stereocenters. The molecule has 2 aromatic heterocycles. The molecule has 1 unspecified atom stereocenters. The fourth-order valence-corrected chi connectivity index (χ4v) is 1.79. The van der Waals surface area contributed by atoms with E-state index in [2.05, 4.69) is 16.0 Å². The van der Waals surface area contributed by atoms with Crippen LogP contribution < -0.4 is 4.90 Å². The van der Waals surface area contributed by atoms with Crippen molar-refractivity contribution in [1.82, 2.24) is 9.38 Å². The molecule has 0 aliphatic rings. The van der Waals surface area contributed by atoms with E-state index in [9.17, 15) is 0 Å². The van der Waals surface area contributed by atoms with Gasteiger partial charge in [0.15, 0.2) is 0 Å². The Bertz CT molecular complexity index is 523. The Morgan fingerprint density at radius 1 is 1.56 bits per heavy atom. The molecular formula is C12H14N4. The monoisotopic (exact) mass is 214 g/mol. The van der Waals surface area contributed by atoms with Gasteiger partial charge in [0.1, 0.15) is 11.5 Å². The van der Waals surface area contributed by atoms with Gasteiger partial charge in [-0.05, 0) is 19.1 Å². The van der Waals surface area contributed by atoms with Crippen LogP contribution in [0.1, 0.15) is 6.92 Å². The molecule has 2 rings (SSSR count). The van der Waals surface area contributed by atoms with E-state index in [1.807, 2.05) is 42.8 Å². The van der Waals surface area contributed by atoms with Crippen LogP contribution in [0.5, 0.6) is 0 Å². The summed E-state index contributed by atoms with van der Waals surface area (Å²) >= 11 is 0. The minimum atomic E-state index is 0.0174. The van der Waals surface area contributed by atoms with Gasteiger partial charge in [-0.1, -0.05) is 6.07 Å². The van der Waals surface area contributed by atoms with E-state index in [0.29, 0.717) is 6.54 Å². The number of aromatic nitrogens is 2. The van der Waals surface area contributed by atoms with Crippen LogP contribution in [0, 0.1) is 17.2 Å². The summed E-state index contributed by atoms with van der Waals surface area (Å²) < 4.78 is 2.02. The van der Waals surface area contributed by atoms with Crippen LogP contribution in [0.3, 0.4) is 0 Å². The van der Waals surface area contributed by atoms with Crippen molar-refractivity contribution in [3.8, 4) is 6.07 Å². The summed E-state index contributed by atoms with van der Waals surface area (Å²) in [6.45, 7) is 2.64. The lowest BCUT2D eigenvalue weighted by Crippen LogP contribution is -2.24. The van der Waals surface area contributed by atoms with Crippen molar-refractivity contribution >= 4 is 11.5 Å². The normalized spacial score (nSPS) is 12.3. The van der Waals surface area contributed by atoms with Gasteiger partial charge in [-0.15, -0.1) is 0 Å². The van der Waals surface area contributed by atoms with E-state index < -0.39 is 0 Å². The second kappa shape index (κ2) is 4.23. The predicted octanol–water partition coefficient (Wildman–Crippen LogP) is 1.93. The first kappa shape index (κ1) is 10.5. The average molecular weight is 214 g/mol. The summed E-state index contributed by atoms with van der Waals surface area (Å²) in [4.78, 5) is 6.30. The minimum absolute atomic E-state index is 0.0174. The van der Waals surface area contributed by atoms with E-state index in [1.165, 1.54) is 0 Å². The molecule has 0 fully saturated rings. The molecule has 4 heteroatoms. The lowest BCUT2D eigenvalue weighted by Gasteiger charge is -2.21. The molecule has 0 bridgehead atoms. The van der Waals surface area contributed by atoms with Gasteiger partial charge >= 0.3 is 0 Å². The number of hydrogen-bond acceptors (Lipinski definition) is 3. The third kappa shape index (κ3) is 1.84. The number of hydrogen-bond donors (Lipinski definition) is 0. The van der Waals surface area contributed by atoms with Gasteiger partial charge in [-0.3, -0.25) is 4.40 Å². The van der Waals surface area contributed by atoms with Gasteiger partial charge in [0.25, 0.3) is 0 Å². The number of fused-ring (bicyclic) bond motifs is 1. The molecule has 0 aliphatic heterocycles. The third-order valence-corrected chi connectivity index (χ3v) is 2.57. The number of rotatable bonds is 3. The number of pyridine rings is 1. The zero-order chi connectivity index (χ0) is 11.5. The predicted molar refractivity (Wildman–Crippen MR) is 63.2 cm³/mol. The second-order valence-electron chi connectivity index (χ2n) is 3.95. The van der Waals surface area contributed by atoms with Crippen molar-refractivity contribution in [2.24, 2.45) is 5.92 Å². The SMILES string of the molecule is CC(C#N)CN(C)c1cccc2nccn12. The van der Waals surface area contributed by atoms with Crippen LogP contribution in [0.2, 0.25) is 0 Å². The number of imidazole rings is 1. The van der Waals surface area contributed by atoms with Crippen LogP contribution in [-0.2, 0) is 0 Å². The zero-order valence-corrected chi connectivity index (χ0v) is 9.46. The first-order valence-electron chi connectivity index (χ1n) is 5.25. The Morgan fingerprint density at radius 2 is 2.38 bits per heavy atom. The lowest BCUT2D eigenvalue weighted by atomic mass is 10.2. The highest BCUT2D eigenvalue weighted by molar-refractivity contribution is 5.51. The van der Waals surface area contributed by atoms with Crippen LogP contribution in [0.25, 0.3) is 5.65 Å². The van der Waals surface area contributed by atoms with Crippen LogP contribution in [0.4, 0.5) is 5.82 Å². The Kier molecular flexibility index (Phi) is 2.78. The highest BCUT2D eigenvalue weighted by Crippen LogP contribution is 2.15. The molecule has 0 saturated heterocycles. The smallest absolute Gasteiger partial charge is 0.138 e. The maximum atomic E-state index is 8.81. The molecule has 4 nitrogen and oxygen atoms in total. The first-order chi connectivity index (χ1) is 7.72.